The molecule has 2 heteroatoms. The van der Waals surface area contributed by atoms with Crippen LogP contribution >= 0.6 is 26.3 Å². The van der Waals surface area contributed by atoms with Crippen LogP contribution in [0.2, 0.25) is 0 Å². The first-order chi connectivity index (χ1) is 3.31. The van der Waals surface area contributed by atoms with Crippen LogP contribution in [-0.4, -0.2) is 26.2 Å². The third-order valence-corrected chi connectivity index (χ3v) is 4.38. The van der Waals surface area contributed by atoms with E-state index in [-0.39, 0.29) is 0 Å². The van der Waals surface area contributed by atoms with E-state index >= 15 is 0 Å². The summed E-state index contributed by atoms with van der Waals surface area (Å²) in [7, 11) is 0. The number of rotatable bonds is 2. The van der Waals surface area contributed by atoms with Gasteiger partial charge in [0.1, 0.15) is 0 Å². The first-order valence-corrected chi connectivity index (χ1v) is 9.58. The maximum atomic E-state index is 2.64. The average molecular weight is 246 g/mol. The first kappa shape index (κ1) is 9.16. The Morgan fingerprint density at radius 1 is 1.25 bits per heavy atom. The SMILES string of the molecule is CCCP(C)(C)(C)I. The van der Waals surface area contributed by atoms with E-state index < -0.39 is 4.25 Å². The third-order valence-electron chi connectivity index (χ3n) is 0.979. The Hall–Kier alpha value is 1.16. The third kappa shape index (κ3) is 7.16. The normalized spacial score (nSPS) is 17.4. The van der Waals surface area contributed by atoms with Crippen LogP contribution < -0.4 is 0 Å². The molecule has 0 saturated carbocycles. The molecule has 0 bridgehead atoms. The summed E-state index contributed by atoms with van der Waals surface area (Å²) in [4.78, 5) is 0. The van der Waals surface area contributed by atoms with Crippen LogP contribution in [0.1, 0.15) is 13.3 Å². The molecule has 0 aromatic heterocycles. The Bertz CT molecular complexity index is 71.0. The standard InChI is InChI=1S/C6H16IP/c1-5-6-8(2,3,4)7/h5-6H2,1-4H3. The summed E-state index contributed by atoms with van der Waals surface area (Å²) in [5.74, 6) is 0. The van der Waals surface area contributed by atoms with E-state index in [4.69, 9.17) is 0 Å². The molecule has 8 heavy (non-hydrogen) atoms. The van der Waals surface area contributed by atoms with Gasteiger partial charge in [-0.2, -0.15) is 0 Å². The Labute approximate surface area is 65.8 Å². The maximum absolute atomic E-state index is 2.64. The molecule has 52 valence electrons. The molecule has 0 aromatic rings. The molecule has 0 aliphatic heterocycles. The Balaban J connectivity index is 3.73. The second-order valence-electron chi connectivity index (χ2n) is 3.64. The van der Waals surface area contributed by atoms with Gasteiger partial charge in [0.05, 0.1) is 0 Å². The molecule has 0 radical (unpaired) electrons. The van der Waals surface area contributed by atoms with Crippen LogP contribution in [0.3, 0.4) is 0 Å². The average Bonchev–Trinajstić information content (AvgIpc) is 1.25. The zero-order valence-corrected chi connectivity index (χ0v) is 9.29. The minimum absolute atomic E-state index is 1.13. The van der Waals surface area contributed by atoms with Crippen LogP contribution in [0.25, 0.3) is 0 Å². The van der Waals surface area contributed by atoms with Gasteiger partial charge in [-0.05, 0) is 0 Å². The minimum atomic E-state index is -1.13. The molecule has 0 spiro atoms. The van der Waals surface area contributed by atoms with Crippen molar-refractivity contribution in [3.05, 3.63) is 0 Å². The van der Waals surface area contributed by atoms with Gasteiger partial charge in [-0.1, -0.05) is 0 Å². The number of halogens is 1. The van der Waals surface area contributed by atoms with E-state index in [1.54, 1.807) is 0 Å². The molecule has 0 fully saturated rings. The van der Waals surface area contributed by atoms with E-state index in [0.717, 1.165) is 0 Å². The summed E-state index contributed by atoms with van der Waals surface area (Å²) in [5, 5.41) is 0. The Kier molecular flexibility index (Phi) is 2.77. The van der Waals surface area contributed by atoms with E-state index in [0.29, 0.717) is 0 Å². The quantitative estimate of drug-likeness (QED) is 0.518. The summed E-state index contributed by atoms with van der Waals surface area (Å²) in [6, 6.07) is 0. The van der Waals surface area contributed by atoms with Crippen LogP contribution in [0.4, 0.5) is 0 Å². The molecule has 0 aliphatic carbocycles. The topological polar surface area (TPSA) is 0 Å². The van der Waals surface area contributed by atoms with E-state index in [9.17, 15) is 0 Å². The van der Waals surface area contributed by atoms with Crippen LogP contribution in [0.5, 0.6) is 0 Å². The van der Waals surface area contributed by atoms with Gasteiger partial charge in [-0.3, -0.25) is 0 Å². The van der Waals surface area contributed by atoms with Crippen molar-refractivity contribution >= 4 is 26.3 Å². The van der Waals surface area contributed by atoms with Crippen LogP contribution in [0, 0.1) is 0 Å². The van der Waals surface area contributed by atoms with Crippen molar-refractivity contribution in [2.24, 2.45) is 0 Å². The van der Waals surface area contributed by atoms with Crippen LogP contribution in [0.15, 0.2) is 0 Å². The summed E-state index contributed by atoms with van der Waals surface area (Å²) in [5.41, 5.74) is 0. The van der Waals surface area contributed by atoms with Gasteiger partial charge in [-0.15, -0.1) is 0 Å². The molecular weight excluding hydrogens is 230 g/mol. The first-order valence-electron chi connectivity index (χ1n) is 3.03. The monoisotopic (exact) mass is 246 g/mol. The zero-order chi connectivity index (χ0) is 6.86. The van der Waals surface area contributed by atoms with Crippen molar-refractivity contribution in [3.8, 4) is 0 Å². The van der Waals surface area contributed by atoms with Crippen molar-refractivity contribution in [1.29, 1.82) is 0 Å². The second-order valence-corrected chi connectivity index (χ2v) is 20.7. The van der Waals surface area contributed by atoms with Crippen molar-refractivity contribution in [1.82, 2.24) is 0 Å². The number of hydrogen-bond acceptors (Lipinski definition) is 0. The van der Waals surface area contributed by atoms with Crippen molar-refractivity contribution in [2.45, 2.75) is 13.3 Å². The number of hydrogen-bond donors (Lipinski definition) is 0. The van der Waals surface area contributed by atoms with Gasteiger partial charge in [0, 0.05) is 0 Å². The summed E-state index contributed by atoms with van der Waals surface area (Å²) in [6.07, 6.45) is 2.76. The molecule has 0 saturated heterocycles. The van der Waals surface area contributed by atoms with Gasteiger partial charge >= 0.3 is 65.8 Å². The summed E-state index contributed by atoms with van der Waals surface area (Å²) >= 11 is 2.64. The fraction of sp³-hybridized carbons (Fsp3) is 1.00. The molecular formula is C6H16IP. The van der Waals surface area contributed by atoms with Crippen molar-refractivity contribution in [3.63, 3.8) is 0 Å². The Morgan fingerprint density at radius 2 is 1.62 bits per heavy atom. The van der Waals surface area contributed by atoms with Gasteiger partial charge in [-0.25, -0.2) is 0 Å². The van der Waals surface area contributed by atoms with E-state index in [2.05, 4.69) is 49.0 Å². The van der Waals surface area contributed by atoms with E-state index in [1.807, 2.05) is 0 Å². The second kappa shape index (κ2) is 2.42. The summed E-state index contributed by atoms with van der Waals surface area (Å²) < 4.78 is -1.13. The molecule has 0 rings (SSSR count). The summed E-state index contributed by atoms with van der Waals surface area (Å²) in [6.45, 7) is 9.50. The molecule has 0 amide bonds. The predicted octanol–water partition coefficient (Wildman–Crippen LogP) is 3.19. The van der Waals surface area contributed by atoms with E-state index in [1.165, 1.54) is 12.6 Å². The van der Waals surface area contributed by atoms with Crippen molar-refractivity contribution < 1.29 is 0 Å². The molecule has 0 unspecified atom stereocenters. The van der Waals surface area contributed by atoms with Gasteiger partial charge < -0.3 is 0 Å². The molecule has 0 aliphatic rings. The Morgan fingerprint density at radius 3 is 1.62 bits per heavy atom. The fourth-order valence-electron chi connectivity index (χ4n) is 0.755. The van der Waals surface area contributed by atoms with Crippen molar-refractivity contribution in [2.75, 3.05) is 26.2 Å². The molecule has 0 N–H and O–H groups in total. The zero-order valence-electron chi connectivity index (χ0n) is 6.24. The van der Waals surface area contributed by atoms with Gasteiger partial charge in [0.15, 0.2) is 0 Å². The molecule has 0 heterocycles. The fourth-order valence-corrected chi connectivity index (χ4v) is 3.71. The van der Waals surface area contributed by atoms with Gasteiger partial charge in [0.2, 0.25) is 0 Å². The van der Waals surface area contributed by atoms with Gasteiger partial charge in [0.25, 0.3) is 0 Å². The molecule has 0 aromatic carbocycles. The molecule has 0 atom stereocenters. The van der Waals surface area contributed by atoms with Crippen LogP contribution in [-0.2, 0) is 0 Å². The molecule has 0 nitrogen and oxygen atoms in total. The predicted molar refractivity (Wildman–Crippen MR) is 53.9 cm³/mol.